The summed E-state index contributed by atoms with van der Waals surface area (Å²) in [5, 5.41) is 0. The van der Waals surface area contributed by atoms with Crippen molar-refractivity contribution in [3.05, 3.63) is 90.5 Å². The molecule has 0 amide bonds. The first-order valence-electron chi connectivity index (χ1n) is 8.51. The van der Waals surface area contributed by atoms with E-state index in [0.717, 1.165) is 37.6 Å². The first kappa shape index (κ1) is 14.2. The zero-order chi connectivity index (χ0) is 16.6. The van der Waals surface area contributed by atoms with Crippen LogP contribution in [0.15, 0.2) is 67.8 Å². The second-order valence-electron chi connectivity index (χ2n) is 6.65. The highest BCUT2D eigenvalue weighted by molar-refractivity contribution is 5.14. The van der Waals surface area contributed by atoms with Gasteiger partial charge in [0.05, 0.1) is 22.8 Å². The Bertz CT molecular complexity index is 946. The van der Waals surface area contributed by atoms with Crippen molar-refractivity contribution in [1.82, 2.24) is 19.1 Å². The Labute approximate surface area is 145 Å². The first-order chi connectivity index (χ1) is 12.3. The molecule has 0 unspecified atom stereocenters. The van der Waals surface area contributed by atoms with E-state index >= 15 is 0 Å². The molecule has 8 bridgehead atoms. The summed E-state index contributed by atoms with van der Waals surface area (Å²) >= 11 is 0. The van der Waals surface area contributed by atoms with Gasteiger partial charge in [-0.25, -0.2) is 23.3 Å². The lowest BCUT2D eigenvalue weighted by Crippen LogP contribution is -2.34. The van der Waals surface area contributed by atoms with Gasteiger partial charge in [-0.2, -0.15) is 0 Å². The van der Waals surface area contributed by atoms with E-state index in [0.29, 0.717) is 0 Å². The lowest BCUT2D eigenvalue weighted by molar-refractivity contribution is -0.689. The number of hydrogen-bond acceptors (Lipinski definition) is 1. The van der Waals surface area contributed by atoms with Crippen LogP contribution in [-0.2, 0) is 26.2 Å². The van der Waals surface area contributed by atoms with Crippen LogP contribution < -0.4 is 9.13 Å². The van der Waals surface area contributed by atoms with Crippen molar-refractivity contribution in [2.75, 3.05) is 0 Å². The minimum absolute atomic E-state index is 0.780. The van der Waals surface area contributed by atoms with E-state index in [4.69, 9.17) is 4.98 Å². The van der Waals surface area contributed by atoms with Crippen molar-refractivity contribution in [1.29, 1.82) is 0 Å². The number of nitrogens with one attached hydrogen (secondary N) is 1. The number of aromatic nitrogens is 6. The lowest BCUT2D eigenvalue weighted by atomic mass is 10.3. The molecule has 4 aromatic heterocycles. The molecule has 4 aromatic rings. The van der Waals surface area contributed by atoms with Gasteiger partial charge in [-0.1, -0.05) is 6.07 Å². The molecule has 6 heteroatoms. The van der Waals surface area contributed by atoms with Gasteiger partial charge in [0.15, 0.2) is 0 Å². The minimum atomic E-state index is 0.780. The zero-order valence-corrected chi connectivity index (χ0v) is 13.9. The highest BCUT2D eigenvalue weighted by Crippen LogP contribution is 2.07. The predicted octanol–water partition coefficient (Wildman–Crippen LogP) is 1.09. The Hall–Kier alpha value is -3.15. The monoisotopic (exact) mass is 332 g/mol. The Morgan fingerprint density at radius 2 is 1.36 bits per heavy atom. The third-order valence-electron chi connectivity index (χ3n) is 4.56. The van der Waals surface area contributed by atoms with Crippen molar-refractivity contribution in [2.45, 2.75) is 26.2 Å². The van der Waals surface area contributed by atoms with Crippen LogP contribution in [0.4, 0.5) is 0 Å². The summed E-state index contributed by atoms with van der Waals surface area (Å²) in [4.78, 5) is 8.34. The average molecular weight is 332 g/mol. The van der Waals surface area contributed by atoms with Gasteiger partial charge in [0.25, 0.3) is 0 Å². The molecule has 1 aliphatic rings. The smallest absolute Gasteiger partial charge is 0.244 e. The molecule has 0 fully saturated rings. The van der Waals surface area contributed by atoms with Gasteiger partial charge < -0.3 is 4.98 Å². The van der Waals surface area contributed by atoms with E-state index in [2.05, 4.69) is 91.0 Å². The van der Waals surface area contributed by atoms with Gasteiger partial charge in [-0.05, 0) is 24.3 Å². The van der Waals surface area contributed by atoms with Crippen LogP contribution >= 0.6 is 0 Å². The maximum atomic E-state index is 4.81. The molecule has 0 saturated carbocycles. The lowest BCUT2D eigenvalue weighted by Gasteiger charge is -2.02. The molecular formula is C19H20N6+2. The van der Waals surface area contributed by atoms with Crippen LogP contribution in [0.3, 0.4) is 0 Å². The zero-order valence-electron chi connectivity index (χ0n) is 13.9. The summed E-state index contributed by atoms with van der Waals surface area (Å²) in [7, 11) is 0. The van der Waals surface area contributed by atoms with E-state index in [-0.39, 0.29) is 0 Å². The first-order valence-corrected chi connectivity index (χ1v) is 8.51. The second kappa shape index (κ2) is 5.73. The molecule has 0 aromatic carbocycles. The largest absolute Gasteiger partial charge is 0.356 e. The van der Waals surface area contributed by atoms with E-state index < -0.39 is 0 Å². The van der Waals surface area contributed by atoms with Gasteiger partial charge in [-0.15, -0.1) is 0 Å². The van der Waals surface area contributed by atoms with Crippen molar-refractivity contribution < 1.29 is 9.13 Å². The number of nitrogens with zero attached hydrogens (tertiary/aromatic N) is 5. The predicted molar refractivity (Wildman–Crippen MR) is 90.7 cm³/mol. The summed E-state index contributed by atoms with van der Waals surface area (Å²) < 4.78 is 8.72. The fourth-order valence-corrected chi connectivity index (χ4v) is 3.40. The van der Waals surface area contributed by atoms with Gasteiger partial charge in [0, 0.05) is 0 Å². The molecule has 5 heterocycles. The van der Waals surface area contributed by atoms with Crippen LogP contribution in [0.2, 0.25) is 0 Å². The Kier molecular flexibility index (Phi) is 3.26. The molecule has 5 rings (SSSR count). The number of H-pyrrole nitrogens is 1. The standard InChI is InChI=1S/C19H20N6/c1-2-16-10-22-6-8-24(14-22)12-18-4-5-19(21-18)13-25-9-7-23(15-25)11-17(3-1)20-16/h1-9,14-15,21H,10-13H2/q+2. The molecule has 6 nitrogen and oxygen atoms in total. The third kappa shape index (κ3) is 2.98. The van der Waals surface area contributed by atoms with Crippen molar-refractivity contribution in [3.63, 3.8) is 0 Å². The van der Waals surface area contributed by atoms with Gasteiger partial charge in [0.1, 0.15) is 51.0 Å². The SMILES string of the molecule is c1cc2nc(c1)C[n+]1ccn(c1)Cc1ccc([nH]1)Cn1cc[n+](c1)C2. The van der Waals surface area contributed by atoms with Crippen LogP contribution in [0, 0.1) is 0 Å². The van der Waals surface area contributed by atoms with E-state index in [1.807, 2.05) is 0 Å². The third-order valence-corrected chi connectivity index (χ3v) is 4.56. The summed E-state index contributed by atoms with van der Waals surface area (Å²) in [5.41, 5.74) is 4.58. The number of pyridine rings is 1. The van der Waals surface area contributed by atoms with Gasteiger partial charge in [0.2, 0.25) is 12.7 Å². The number of rotatable bonds is 0. The second-order valence-corrected chi connectivity index (χ2v) is 6.65. The normalized spacial score (nSPS) is 13.8. The van der Waals surface area contributed by atoms with E-state index in [9.17, 15) is 0 Å². The highest BCUT2D eigenvalue weighted by Gasteiger charge is 2.12. The van der Waals surface area contributed by atoms with Crippen LogP contribution in [0.1, 0.15) is 22.8 Å². The quantitative estimate of drug-likeness (QED) is 0.424. The van der Waals surface area contributed by atoms with Crippen LogP contribution in [0.25, 0.3) is 0 Å². The maximum Gasteiger partial charge on any atom is 0.244 e. The fraction of sp³-hybridized carbons (Fsp3) is 0.211. The number of hydrogen-bond donors (Lipinski definition) is 1. The molecule has 124 valence electrons. The molecule has 1 N–H and O–H groups in total. The van der Waals surface area contributed by atoms with E-state index in [1.165, 1.54) is 11.4 Å². The summed E-state index contributed by atoms with van der Waals surface area (Å²) in [6.07, 6.45) is 12.7. The minimum Gasteiger partial charge on any atom is -0.356 e. The molecule has 0 spiro atoms. The Morgan fingerprint density at radius 3 is 1.92 bits per heavy atom. The molecule has 0 atom stereocenters. The van der Waals surface area contributed by atoms with E-state index in [1.54, 1.807) is 0 Å². The number of imidazole rings is 2. The summed E-state index contributed by atoms with van der Waals surface area (Å²) in [6.45, 7) is 3.24. The summed E-state index contributed by atoms with van der Waals surface area (Å²) in [6, 6.07) is 10.6. The molecule has 0 aliphatic carbocycles. The maximum absolute atomic E-state index is 4.81. The number of fused-ring (bicyclic) bond motifs is 8. The van der Waals surface area contributed by atoms with Crippen molar-refractivity contribution in [2.24, 2.45) is 0 Å². The average Bonchev–Trinajstić information content (AvgIpc) is 3.31. The van der Waals surface area contributed by atoms with Crippen LogP contribution in [0.5, 0.6) is 0 Å². The molecule has 0 saturated heterocycles. The van der Waals surface area contributed by atoms with Gasteiger partial charge in [-0.3, -0.25) is 0 Å². The van der Waals surface area contributed by atoms with Crippen LogP contribution in [-0.4, -0.2) is 19.1 Å². The van der Waals surface area contributed by atoms with Gasteiger partial charge >= 0.3 is 0 Å². The van der Waals surface area contributed by atoms with Crippen molar-refractivity contribution >= 4 is 0 Å². The summed E-state index contributed by atoms with van der Waals surface area (Å²) in [5.74, 6) is 0. The molecule has 25 heavy (non-hydrogen) atoms. The fourth-order valence-electron chi connectivity index (χ4n) is 3.40. The molecule has 1 aliphatic heterocycles. The highest BCUT2D eigenvalue weighted by atomic mass is 15.1. The number of aromatic amines is 1. The Morgan fingerprint density at radius 1 is 0.800 bits per heavy atom. The molecule has 0 radical (unpaired) electrons. The topological polar surface area (TPSA) is 46.3 Å². The molecular weight excluding hydrogens is 312 g/mol. The Balaban J connectivity index is 1.55. The van der Waals surface area contributed by atoms with Crippen molar-refractivity contribution in [3.8, 4) is 0 Å².